The van der Waals surface area contributed by atoms with Gasteiger partial charge in [0.15, 0.2) is 23.9 Å². The Bertz CT molecular complexity index is 786. The number of fused-ring (bicyclic) bond motifs is 1. The van der Waals surface area contributed by atoms with E-state index in [0.29, 0.717) is 24.7 Å². The lowest BCUT2D eigenvalue weighted by Gasteiger charge is -2.18. The molecular formula is C16H14N2O7. The summed E-state index contributed by atoms with van der Waals surface area (Å²) in [6, 6.07) is 7.55. The van der Waals surface area contributed by atoms with Gasteiger partial charge in [-0.1, -0.05) is 0 Å². The average Bonchev–Trinajstić information content (AvgIpc) is 3.18. The SMILES string of the molecule is O=C(COC(=O)c1ccc2c(c1)OCCO2)NNC(=O)c1ccco1. The van der Waals surface area contributed by atoms with Gasteiger partial charge in [-0.15, -0.1) is 0 Å². The number of hydrazine groups is 1. The van der Waals surface area contributed by atoms with Crippen LogP contribution in [0, 0.1) is 0 Å². The van der Waals surface area contributed by atoms with Crippen molar-refractivity contribution in [3.8, 4) is 11.5 Å². The van der Waals surface area contributed by atoms with Crippen LogP contribution >= 0.6 is 0 Å². The van der Waals surface area contributed by atoms with Gasteiger partial charge in [-0.3, -0.25) is 20.4 Å². The van der Waals surface area contributed by atoms with Crippen LogP contribution in [0.1, 0.15) is 20.9 Å². The number of benzene rings is 1. The van der Waals surface area contributed by atoms with Crippen molar-refractivity contribution in [3.63, 3.8) is 0 Å². The Balaban J connectivity index is 1.47. The molecule has 2 heterocycles. The largest absolute Gasteiger partial charge is 0.486 e. The first-order valence-corrected chi connectivity index (χ1v) is 7.33. The van der Waals surface area contributed by atoms with Crippen LogP contribution in [0.5, 0.6) is 11.5 Å². The number of furan rings is 1. The van der Waals surface area contributed by atoms with Crippen LogP contribution in [0.15, 0.2) is 41.0 Å². The Kier molecular flexibility index (Phi) is 4.84. The predicted octanol–water partition coefficient (Wildman–Crippen LogP) is 0.669. The molecule has 9 heteroatoms. The molecule has 9 nitrogen and oxygen atoms in total. The normalized spacial score (nSPS) is 12.2. The predicted molar refractivity (Wildman–Crippen MR) is 82.0 cm³/mol. The minimum absolute atomic E-state index is 0.0357. The molecule has 2 amide bonds. The molecule has 0 radical (unpaired) electrons. The van der Waals surface area contributed by atoms with Crippen molar-refractivity contribution < 1.29 is 33.0 Å². The minimum Gasteiger partial charge on any atom is -0.486 e. The van der Waals surface area contributed by atoms with Gasteiger partial charge in [-0.2, -0.15) is 0 Å². The molecule has 0 unspecified atom stereocenters. The van der Waals surface area contributed by atoms with E-state index in [4.69, 9.17) is 18.6 Å². The second-order valence-corrected chi connectivity index (χ2v) is 4.91. The molecule has 25 heavy (non-hydrogen) atoms. The number of nitrogens with one attached hydrogen (secondary N) is 2. The van der Waals surface area contributed by atoms with E-state index in [2.05, 4.69) is 10.9 Å². The fourth-order valence-electron chi connectivity index (χ4n) is 2.02. The summed E-state index contributed by atoms with van der Waals surface area (Å²) in [5.41, 5.74) is 4.46. The smallest absolute Gasteiger partial charge is 0.338 e. The summed E-state index contributed by atoms with van der Waals surface area (Å²) in [6.07, 6.45) is 1.33. The first-order valence-electron chi connectivity index (χ1n) is 7.33. The van der Waals surface area contributed by atoms with Crippen LogP contribution in [0.4, 0.5) is 0 Å². The fourth-order valence-corrected chi connectivity index (χ4v) is 2.02. The van der Waals surface area contributed by atoms with Crippen LogP contribution in [-0.2, 0) is 9.53 Å². The van der Waals surface area contributed by atoms with Gasteiger partial charge in [-0.05, 0) is 30.3 Å². The van der Waals surface area contributed by atoms with E-state index in [0.717, 1.165) is 0 Å². The highest BCUT2D eigenvalue weighted by molar-refractivity contribution is 5.94. The molecule has 0 fully saturated rings. The molecule has 2 aromatic rings. The highest BCUT2D eigenvalue weighted by Crippen LogP contribution is 2.30. The highest BCUT2D eigenvalue weighted by Gasteiger charge is 2.17. The van der Waals surface area contributed by atoms with E-state index >= 15 is 0 Å². The molecule has 2 N–H and O–H groups in total. The van der Waals surface area contributed by atoms with Gasteiger partial charge in [0.05, 0.1) is 11.8 Å². The van der Waals surface area contributed by atoms with Crippen molar-refractivity contribution in [2.24, 2.45) is 0 Å². The summed E-state index contributed by atoms with van der Waals surface area (Å²) in [7, 11) is 0. The van der Waals surface area contributed by atoms with Crippen molar-refractivity contribution in [3.05, 3.63) is 47.9 Å². The molecule has 0 saturated heterocycles. The number of ether oxygens (including phenoxy) is 3. The van der Waals surface area contributed by atoms with Crippen LogP contribution < -0.4 is 20.3 Å². The molecule has 0 saturated carbocycles. The topological polar surface area (TPSA) is 116 Å². The van der Waals surface area contributed by atoms with Crippen molar-refractivity contribution in [2.75, 3.05) is 19.8 Å². The second kappa shape index (κ2) is 7.39. The number of amides is 2. The lowest BCUT2D eigenvalue weighted by atomic mass is 10.2. The second-order valence-electron chi connectivity index (χ2n) is 4.91. The first kappa shape index (κ1) is 16.4. The Labute approximate surface area is 141 Å². The lowest BCUT2D eigenvalue weighted by molar-refractivity contribution is -0.125. The lowest BCUT2D eigenvalue weighted by Crippen LogP contribution is -2.43. The van der Waals surface area contributed by atoms with E-state index in [1.54, 1.807) is 6.07 Å². The maximum absolute atomic E-state index is 12.0. The van der Waals surface area contributed by atoms with Crippen molar-refractivity contribution in [2.45, 2.75) is 0 Å². The van der Waals surface area contributed by atoms with Gasteiger partial charge < -0.3 is 18.6 Å². The third-order valence-corrected chi connectivity index (χ3v) is 3.17. The molecule has 0 spiro atoms. The summed E-state index contributed by atoms with van der Waals surface area (Å²) in [5.74, 6) is -1.02. The van der Waals surface area contributed by atoms with Crippen LogP contribution in [0.25, 0.3) is 0 Å². The van der Waals surface area contributed by atoms with Gasteiger partial charge in [0.2, 0.25) is 0 Å². The number of rotatable bonds is 4. The molecule has 1 aromatic heterocycles. The van der Waals surface area contributed by atoms with Gasteiger partial charge in [-0.25, -0.2) is 4.79 Å². The van der Waals surface area contributed by atoms with Gasteiger partial charge in [0.1, 0.15) is 13.2 Å². The molecule has 1 aliphatic rings. The number of carbonyl (C=O) groups excluding carboxylic acids is 3. The molecule has 0 aliphatic carbocycles. The Morgan fingerprint density at radius 3 is 2.60 bits per heavy atom. The van der Waals surface area contributed by atoms with Crippen LogP contribution in [-0.4, -0.2) is 37.6 Å². The standard InChI is InChI=1S/C16H14N2O7/c19-14(17-18-15(20)12-2-1-5-22-12)9-25-16(21)10-3-4-11-13(8-10)24-7-6-23-11/h1-5,8H,6-7,9H2,(H,17,19)(H,18,20). The zero-order valence-corrected chi connectivity index (χ0v) is 12.9. The van der Waals surface area contributed by atoms with Crippen LogP contribution in [0.2, 0.25) is 0 Å². The van der Waals surface area contributed by atoms with Crippen molar-refractivity contribution in [1.29, 1.82) is 0 Å². The summed E-state index contributed by atoms with van der Waals surface area (Å²) in [6.45, 7) is 0.273. The first-order chi connectivity index (χ1) is 12.1. The van der Waals surface area contributed by atoms with Crippen molar-refractivity contribution >= 4 is 17.8 Å². The quantitative estimate of drug-likeness (QED) is 0.617. The zero-order chi connectivity index (χ0) is 17.6. The molecule has 1 aromatic carbocycles. The summed E-state index contributed by atoms with van der Waals surface area (Å²) in [4.78, 5) is 35.1. The molecular weight excluding hydrogens is 332 g/mol. The van der Waals surface area contributed by atoms with E-state index in [1.807, 2.05) is 0 Å². The maximum Gasteiger partial charge on any atom is 0.338 e. The Morgan fingerprint density at radius 2 is 1.84 bits per heavy atom. The number of esters is 1. The Hall–Kier alpha value is -3.49. The molecule has 0 bridgehead atoms. The van der Waals surface area contributed by atoms with E-state index in [-0.39, 0.29) is 11.3 Å². The fraction of sp³-hybridized carbons (Fsp3) is 0.188. The average molecular weight is 346 g/mol. The monoisotopic (exact) mass is 346 g/mol. The summed E-state index contributed by atoms with van der Waals surface area (Å²) >= 11 is 0. The molecule has 1 aliphatic heterocycles. The van der Waals surface area contributed by atoms with Crippen molar-refractivity contribution in [1.82, 2.24) is 10.9 Å². The number of hydrogen-bond acceptors (Lipinski definition) is 7. The van der Waals surface area contributed by atoms with E-state index in [1.165, 1.54) is 30.5 Å². The summed E-state index contributed by atoms with van der Waals surface area (Å²) < 4.78 is 20.5. The van der Waals surface area contributed by atoms with Crippen LogP contribution in [0.3, 0.4) is 0 Å². The molecule has 130 valence electrons. The summed E-state index contributed by atoms with van der Waals surface area (Å²) in [5, 5.41) is 0. The van der Waals surface area contributed by atoms with E-state index in [9.17, 15) is 14.4 Å². The Morgan fingerprint density at radius 1 is 1.04 bits per heavy atom. The zero-order valence-electron chi connectivity index (χ0n) is 12.9. The van der Waals surface area contributed by atoms with Gasteiger partial charge >= 0.3 is 11.9 Å². The molecule has 0 atom stereocenters. The molecule has 3 rings (SSSR count). The number of carbonyl (C=O) groups is 3. The minimum atomic E-state index is -0.704. The van der Waals surface area contributed by atoms with E-state index < -0.39 is 24.4 Å². The third kappa shape index (κ3) is 4.08. The third-order valence-electron chi connectivity index (χ3n) is 3.17. The highest BCUT2D eigenvalue weighted by atomic mass is 16.6. The van der Waals surface area contributed by atoms with Gasteiger partial charge in [0, 0.05) is 0 Å². The number of hydrogen-bond donors (Lipinski definition) is 2. The van der Waals surface area contributed by atoms with Gasteiger partial charge in [0.25, 0.3) is 5.91 Å². The maximum atomic E-state index is 12.0.